The van der Waals surface area contributed by atoms with Gasteiger partial charge in [0.1, 0.15) is 5.71 Å². The molecule has 0 aliphatic rings. The molecule has 2 aromatic rings. The van der Waals surface area contributed by atoms with Gasteiger partial charge in [0.05, 0.1) is 17.1 Å². The summed E-state index contributed by atoms with van der Waals surface area (Å²) < 4.78 is 0. The van der Waals surface area contributed by atoms with Gasteiger partial charge in [-0.15, -0.1) is 0 Å². The third-order valence-electron chi connectivity index (χ3n) is 19.0. The van der Waals surface area contributed by atoms with E-state index in [1.165, 1.54) is 396 Å². The third kappa shape index (κ3) is 56.3. The summed E-state index contributed by atoms with van der Waals surface area (Å²) in [5.41, 5.74) is 6.71. The first kappa shape index (κ1) is 82.8. The van der Waals surface area contributed by atoms with Gasteiger partial charge in [-0.3, -0.25) is 4.99 Å². The Balaban J connectivity index is 0.0000378. The normalized spacial score (nSPS) is 11.8. The topological polar surface area (TPSA) is 24.7 Å². The molecule has 0 heterocycles. The summed E-state index contributed by atoms with van der Waals surface area (Å²) in [4.78, 5) is 10.4. The number of hydrogen-bond donors (Lipinski definition) is 0. The van der Waals surface area contributed by atoms with E-state index in [0.29, 0.717) is 0 Å². The summed E-state index contributed by atoms with van der Waals surface area (Å²) >= 11 is 0. The summed E-state index contributed by atoms with van der Waals surface area (Å²) in [6.45, 7) is 9.15. The molecule has 0 fully saturated rings. The van der Waals surface area contributed by atoms with E-state index >= 15 is 0 Å². The minimum atomic E-state index is 0. The first-order valence-electron chi connectivity index (χ1n) is 39.5. The summed E-state index contributed by atoms with van der Waals surface area (Å²) in [7, 11) is 0. The van der Waals surface area contributed by atoms with Gasteiger partial charge in [0.15, 0.2) is 0 Å². The maximum atomic E-state index is 5.22. The molecular weight excluding hydrogens is 1100 g/mol. The van der Waals surface area contributed by atoms with Gasteiger partial charge in [0.2, 0.25) is 0 Å². The van der Waals surface area contributed by atoms with E-state index in [1.54, 1.807) is 0 Å². The minimum absolute atomic E-state index is 0. The van der Waals surface area contributed by atoms with Crippen molar-refractivity contribution in [2.45, 2.75) is 439 Å². The van der Waals surface area contributed by atoms with E-state index in [0.717, 1.165) is 48.5 Å². The van der Waals surface area contributed by atoms with Crippen LogP contribution in [0, 0.1) is 11.8 Å². The number of unbranched alkanes of at least 4 members (excludes halogenated alkanes) is 58. The van der Waals surface area contributed by atoms with Gasteiger partial charge in [-0.05, 0) is 79.8 Å². The molecule has 0 unspecified atom stereocenters. The second-order valence-electron chi connectivity index (χ2n) is 27.4. The first-order chi connectivity index (χ1) is 42.7. The van der Waals surface area contributed by atoms with E-state index in [9.17, 15) is 0 Å². The van der Waals surface area contributed by atoms with Crippen LogP contribution in [0.4, 0.5) is 11.4 Å². The second-order valence-corrected chi connectivity index (χ2v) is 27.4. The molecular formula is C84H148N2Ni. The van der Waals surface area contributed by atoms with Crippen LogP contribution in [-0.4, -0.2) is 11.4 Å². The van der Waals surface area contributed by atoms with Crippen molar-refractivity contribution in [2.24, 2.45) is 9.98 Å². The zero-order chi connectivity index (χ0) is 61.2. The van der Waals surface area contributed by atoms with Gasteiger partial charge < -0.3 is 0 Å². The van der Waals surface area contributed by atoms with Gasteiger partial charge in [-0.2, -0.15) is 0 Å². The first-order valence-corrected chi connectivity index (χ1v) is 39.5. The van der Waals surface area contributed by atoms with Crippen LogP contribution in [0.3, 0.4) is 0 Å². The average Bonchev–Trinajstić information content (AvgIpc) is 3.68. The fraction of sp³-hybridized carbons (Fsp3) is 0.810. The van der Waals surface area contributed by atoms with E-state index in [2.05, 4.69) is 88.1 Å². The SMILES string of the molecule is CCCCCCCCCCCCCCCCC#CC(=N\c1ccc(CCCCCCCCCCCCCCCCCCCCCCCCC)cc1)/C(CC)=N/c1ccc(CCCCCCCCCCCCCCCCCCCCCCCCC)cc1.[Ni]. The van der Waals surface area contributed by atoms with Crippen molar-refractivity contribution < 1.29 is 16.5 Å². The molecule has 0 aromatic heterocycles. The van der Waals surface area contributed by atoms with Gasteiger partial charge >= 0.3 is 0 Å². The van der Waals surface area contributed by atoms with E-state index in [1.807, 2.05) is 0 Å². The van der Waals surface area contributed by atoms with Crippen LogP contribution in [0.25, 0.3) is 0 Å². The number of nitrogens with zero attached hydrogens (tertiary/aromatic N) is 2. The molecule has 0 radical (unpaired) electrons. The molecule has 0 saturated carbocycles. The van der Waals surface area contributed by atoms with Crippen molar-refractivity contribution in [3.05, 3.63) is 59.7 Å². The van der Waals surface area contributed by atoms with Gasteiger partial charge in [0, 0.05) is 22.9 Å². The van der Waals surface area contributed by atoms with Gasteiger partial charge in [-0.25, -0.2) is 4.99 Å². The molecule has 0 aliphatic carbocycles. The summed E-state index contributed by atoms with van der Waals surface area (Å²) in [6.07, 6.45) is 89.5. The number of aliphatic imine (C=N–C) groups is 2. The molecule has 2 aromatic carbocycles. The molecule has 0 spiro atoms. The molecule has 3 heteroatoms. The quantitative estimate of drug-likeness (QED) is 0.0273. The van der Waals surface area contributed by atoms with Crippen molar-refractivity contribution in [3.8, 4) is 11.8 Å². The zero-order valence-corrected chi connectivity index (χ0v) is 60.1. The molecule has 0 saturated heterocycles. The monoisotopic (exact) mass is 1240 g/mol. The number of aryl methyl sites for hydroxylation is 2. The Morgan fingerprint density at radius 2 is 0.460 bits per heavy atom. The van der Waals surface area contributed by atoms with Crippen LogP contribution in [0.15, 0.2) is 58.5 Å². The number of hydrogen-bond acceptors (Lipinski definition) is 2. The molecule has 87 heavy (non-hydrogen) atoms. The van der Waals surface area contributed by atoms with Crippen LogP contribution in [0.1, 0.15) is 437 Å². The molecule has 2 nitrogen and oxygen atoms in total. The summed E-state index contributed by atoms with van der Waals surface area (Å²) in [5, 5.41) is 0. The number of rotatable bonds is 66. The van der Waals surface area contributed by atoms with Crippen molar-refractivity contribution in [1.82, 2.24) is 0 Å². The van der Waals surface area contributed by atoms with Crippen LogP contribution >= 0.6 is 0 Å². The zero-order valence-electron chi connectivity index (χ0n) is 59.1. The average molecular weight is 1240 g/mol. The second kappa shape index (κ2) is 68.2. The Morgan fingerprint density at radius 3 is 0.690 bits per heavy atom. The third-order valence-corrected chi connectivity index (χ3v) is 19.0. The fourth-order valence-corrected chi connectivity index (χ4v) is 13.0. The smallest absolute Gasteiger partial charge is 0.135 e. The Bertz CT molecular complexity index is 1800. The molecule has 0 bridgehead atoms. The summed E-state index contributed by atoms with van der Waals surface area (Å²) in [6, 6.07) is 18.1. The number of benzene rings is 2. The maximum Gasteiger partial charge on any atom is 0.135 e. The van der Waals surface area contributed by atoms with Crippen molar-refractivity contribution >= 4 is 22.8 Å². The molecule has 0 amide bonds. The molecule has 0 aliphatic heterocycles. The fourth-order valence-electron chi connectivity index (χ4n) is 13.0. The van der Waals surface area contributed by atoms with Gasteiger partial charge in [0.25, 0.3) is 0 Å². The Labute approximate surface area is 556 Å². The van der Waals surface area contributed by atoms with Gasteiger partial charge in [-0.1, -0.05) is 424 Å². The molecule has 0 atom stereocenters. The van der Waals surface area contributed by atoms with Crippen LogP contribution in [-0.2, 0) is 29.3 Å². The van der Waals surface area contributed by atoms with Crippen molar-refractivity contribution in [1.29, 1.82) is 0 Å². The Hall–Kier alpha value is -2.17. The van der Waals surface area contributed by atoms with Crippen molar-refractivity contribution in [3.63, 3.8) is 0 Å². The van der Waals surface area contributed by atoms with Crippen LogP contribution in [0.5, 0.6) is 0 Å². The van der Waals surface area contributed by atoms with Crippen LogP contribution in [0.2, 0.25) is 0 Å². The Kier molecular flexibility index (Phi) is 64.9. The summed E-state index contributed by atoms with van der Waals surface area (Å²) in [5.74, 6) is 7.12. The van der Waals surface area contributed by atoms with E-state index < -0.39 is 0 Å². The molecule has 0 N–H and O–H groups in total. The standard InChI is InChI=1S/C84H148N2.Ni/c1-5-9-12-15-18-21-24-27-30-33-35-37-39-41-43-45-47-50-53-56-59-62-65-68-79-71-75-81(76-72-79)85-83(8-4)84(70-67-64-61-58-55-52-49-32-29-26-23-20-17-14-11-7-3)86-82-77-73-80(74-78-82)69-66-63-60-57-54-51-48-46-44-42-40-38-36-34-31-28-25-22-19-16-13-10-6-2;/h71-78H,5-66,68-69H2,1-4H3;/b85-83+,86-84+;. The predicted octanol–water partition coefficient (Wildman–Crippen LogP) is 29.9. The van der Waals surface area contributed by atoms with Crippen molar-refractivity contribution in [2.75, 3.05) is 0 Å². The molecule has 504 valence electrons. The largest absolute Gasteiger partial charge is 0.251 e. The van der Waals surface area contributed by atoms with E-state index in [-0.39, 0.29) is 16.5 Å². The van der Waals surface area contributed by atoms with E-state index in [4.69, 9.17) is 9.98 Å². The van der Waals surface area contributed by atoms with Crippen LogP contribution < -0.4 is 0 Å². The molecule has 2 rings (SSSR count). The minimum Gasteiger partial charge on any atom is -0.251 e. The Morgan fingerprint density at radius 1 is 0.253 bits per heavy atom. The maximum absolute atomic E-state index is 5.22. The predicted molar refractivity (Wildman–Crippen MR) is 391 cm³/mol.